The zero-order valence-electron chi connectivity index (χ0n) is 10.2. The molecule has 1 amide bonds. The Hall–Kier alpha value is -2.23. The fourth-order valence-corrected chi connectivity index (χ4v) is 1.90. The summed E-state index contributed by atoms with van der Waals surface area (Å²) in [6.45, 7) is 1.64. The smallest absolute Gasteiger partial charge is 0.256 e. The van der Waals surface area contributed by atoms with Crippen LogP contribution in [0.25, 0.3) is 0 Å². The number of hydrogen-bond donors (Lipinski definition) is 2. The predicted molar refractivity (Wildman–Crippen MR) is 73.0 cm³/mol. The summed E-state index contributed by atoms with van der Waals surface area (Å²) in [7, 11) is 0. The van der Waals surface area contributed by atoms with Crippen LogP contribution in [-0.4, -0.2) is 27.2 Å². The number of rotatable bonds is 2. The van der Waals surface area contributed by atoms with Crippen molar-refractivity contribution in [3.63, 3.8) is 0 Å². The van der Waals surface area contributed by atoms with E-state index in [1.54, 1.807) is 6.07 Å². The van der Waals surface area contributed by atoms with E-state index in [1.165, 1.54) is 6.20 Å². The average Bonchev–Trinajstić information content (AvgIpc) is 2.90. The van der Waals surface area contributed by atoms with Crippen molar-refractivity contribution in [2.24, 2.45) is 0 Å². The number of aliphatic hydroxyl groups is 1. The normalized spacial score (nSPS) is 9.58. The van der Waals surface area contributed by atoms with E-state index in [-0.39, 0.29) is 12.5 Å². The lowest BCUT2D eigenvalue weighted by Crippen LogP contribution is -2.12. The van der Waals surface area contributed by atoms with Gasteiger partial charge in [0.1, 0.15) is 11.6 Å². The molecule has 0 aliphatic heterocycles. The lowest BCUT2D eigenvalue weighted by atomic mass is 10.0. The number of amides is 1. The first kappa shape index (κ1) is 13.2. The van der Waals surface area contributed by atoms with Crippen molar-refractivity contribution in [3.05, 3.63) is 41.1 Å². The van der Waals surface area contributed by atoms with Gasteiger partial charge in [0.2, 0.25) is 0 Å². The van der Waals surface area contributed by atoms with Crippen molar-refractivity contribution in [3.8, 4) is 11.8 Å². The minimum atomic E-state index is -0.226. The largest absolute Gasteiger partial charge is 0.384 e. The number of carbonyl (C=O) groups excluding carboxylic acids is 1. The van der Waals surface area contributed by atoms with Crippen molar-refractivity contribution >= 4 is 22.4 Å². The van der Waals surface area contributed by atoms with Gasteiger partial charge in [0.25, 0.3) is 5.91 Å². The van der Waals surface area contributed by atoms with Gasteiger partial charge in [-0.2, -0.15) is 0 Å². The number of aliphatic hydroxyl groups excluding tert-OH is 1. The summed E-state index contributed by atoms with van der Waals surface area (Å²) in [4.78, 5) is 12.1. The average molecular weight is 273 g/mol. The van der Waals surface area contributed by atoms with Gasteiger partial charge in [0.05, 0.1) is 6.20 Å². The summed E-state index contributed by atoms with van der Waals surface area (Å²) < 4.78 is 3.68. The number of nitrogens with one attached hydrogen (secondary N) is 1. The Morgan fingerprint density at radius 1 is 1.53 bits per heavy atom. The van der Waals surface area contributed by atoms with Crippen LogP contribution in [0, 0.1) is 18.8 Å². The van der Waals surface area contributed by atoms with Crippen LogP contribution in [0.5, 0.6) is 0 Å². The first-order chi connectivity index (χ1) is 9.20. The fraction of sp³-hybridized carbons (Fsp3) is 0.154. The zero-order chi connectivity index (χ0) is 13.7. The molecule has 96 valence electrons. The van der Waals surface area contributed by atoms with Crippen LogP contribution in [0.3, 0.4) is 0 Å². The second-order valence-corrected chi connectivity index (χ2v) is 4.51. The van der Waals surface area contributed by atoms with E-state index >= 15 is 0 Å². The molecular weight excluding hydrogens is 262 g/mol. The van der Waals surface area contributed by atoms with Crippen molar-refractivity contribution in [2.45, 2.75) is 6.92 Å². The van der Waals surface area contributed by atoms with Gasteiger partial charge in [0, 0.05) is 22.7 Å². The van der Waals surface area contributed by atoms with Gasteiger partial charge < -0.3 is 10.4 Å². The molecule has 2 N–H and O–H groups in total. The Kier molecular flexibility index (Phi) is 4.23. The topological polar surface area (TPSA) is 75.1 Å². The Balaban J connectivity index is 2.25. The lowest BCUT2D eigenvalue weighted by molar-refractivity contribution is 0.102. The highest BCUT2D eigenvalue weighted by molar-refractivity contribution is 7.10. The van der Waals surface area contributed by atoms with Crippen LogP contribution >= 0.6 is 11.5 Å². The van der Waals surface area contributed by atoms with Crippen molar-refractivity contribution in [1.29, 1.82) is 0 Å². The molecule has 0 atom stereocenters. The number of benzene rings is 1. The summed E-state index contributed by atoms with van der Waals surface area (Å²) in [5, 5.41) is 15.6. The second-order valence-electron chi connectivity index (χ2n) is 3.73. The van der Waals surface area contributed by atoms with Gasteiger partial charge in [-0.05, 0) is 24.6 Å². The van der Waals surface area contributed by atoms with Gasteiger partial charge in [-0.1, -0.05) is 22.4 Å². The molecule has 1 aromatic carbocycles. The molecule has 1 aromatic heterocycles. The monoisotopic (exact) mass is 273 g/mol. The maximum atomic E-state index is 12.1. The zero-order valence-corrected chi connectivity index (χ0v) is 11.0. The maximum absolute atomic E-state index is 12.1. The van der Waals surface area contributed by atoms with E-state index < -0.39 is 0 Å². The maximum Gasteiger partial charge on any atom is 0.256 e. The van der Waals surface area contributed by atoms with E-state index in [2.05, 4.69) is 26.7 Å². The number of nitrogens with zero attached hydrogens (tertiary/aromatic N) is 2. The van der Waals surface area contributed by atoms with E-state index in [1.807, 2.05) is 19.1 Å². The molecule has 0 bridgehead atoms. The number of aryl methyl sites for hydroxylation is 1. The second kappa shape index (κ2) is 6.09. The molecule has 0 fully saturated rings. The summed E-state index contributed by atoms with van der Waals surface area (Å²) in [6, 6.07) is 5.33. The Morgan fingerprint density at radius 2 is 2.37 bits per heavy atom. The molecular formula is C13H11N3O2S. The minimum Gasteiger partial charge on any atom is -0.384 e. The van der Waals surface area contributed by atoms with Gasteiger partial charge >= 0.3 is 0 Å². The third-order valence-electron chi connectivity index (χ3n) is 2.39. The summed E-state index contributed by atoms with van der Waals surface area (Å²) >= 11 is 1.12. The third-order valence-corrected chi connectivity index (χ3v) is 2.97. The first-order valence-corrected chi connectivity index (χ1v) is 6.27. The molecule has 2 rings (SSSR count). The number of aromatic nitrogens is 2. The molecule has 19 heavy (non-hydrogen) atoms. The lowest BCUT2D eigenvalue weighted by Gasteiger charge is -2.05. The van der Waals surface area contributed by atoms with Crippen molar-refractivity contribution in [1.82, 2.24) is 9.59 Å². The molecule has 5 nitrogen and oxygen atoms in total. The van der Waals surface area contributed by atoms with Crippen LogP contribution in [-0.2, 0) is 0 Å². The Labute approximate surface area is 114 Å². The fourth-order valence-electron chi connectivity index (χ4n) is 1.49. The van der Waals surface area contributed by atoms with Crippen LogP contribution in [0.2, 0.25) is 0 Å². The van der Waals surface area contributed by atoms with Gasteiger partial charge in [-0.15, -0.1) is 5.10 Å². The molecule has 2 aromatic rings. The first-order valence-electron chi connectivity index (χ1n) is 5.50. The summed E-state index contributed by atoms with van der Waals surface area (Å²) in [5.74, 6) is 5.10. The molecule has 1 heterocycles. The third kappa shape index (κ3) is 3.37. The van der Waals surface area contributed by atoms with Crippen LogP contribution in [0.15, 0.2) is 24.4 Å². The number of anilines is 1. The Bertz CT molecular complexity index is 642. The molecule has 6 heteroatoms. The van der Waals surface area contributed by atoms with E-state index in [0.717, 1.165) is 17.1 Å². The van der Waals surface area contributed by atoms with Crippen molar-refractivity contribution < 1.29 is 9.90 Å². The van der Waals surface area contributed by atoms with Crippen LogP contribution in [0.1, 0.15) is 21.5 Å². The van der Waals surface area contributed by atoms with E-state index in [9.17, 15) is 4.79 Å². The van der Waals surface area contributed by atoms with Crippen LogP contribution in [0.4, 0.5) is 5.00 Å². The number of hydrogen-bond acceptors (Lipinski definition) is 5. The summed E-state index contributed by atoms with van der Waals surface area (Å²) in [6.07, 6.45) is 1.49. The SMILES string of the molecule is Cc1ccc(C#CCO)cc1C(=O)Nc1cnns1. The van der Waals surface area contributed by atoms with Crippen molar-refractivity contribution in [2.75, 3.05) is 11.9 Å². The highest BCUT2D eigenvalue weighted by Crippen LogP contribution is 2.15. The quantitative estimate of drug-likeness (QED) is 0.812. The molecule has 0 saturated heterocycles. The molecule has 0 spiro atoms. The van der Waals surface area contributed by atoms with E-state index in [0.29, 0.717) is 16.1 Å². The molecule has 0 saturated carbocycles. The van der Waals surface area contributed by atoms with Gasteiger partial charge in [-0.3, -0.25) is 4.79 Å². The molecule has 0 radical (unpaired) electrons. The minimum absolute atomic E-state index is 0.206. The van der Waals surface area contributed by atoms with Gasteiger partial charge in [0.15, 0.2) is 0 Å². The van der Waals surface area contributed by atoms with E-state index in [4.69, 9.17) is 5.11 Å². The molecule has 0 aliphatic carbocycles. The Morgan fingerprint density at radius 3 is 3.05 bits per heavy atom. The highest BCUT2D eigenvalue weighted by Gasteiger charge is 2.10. The number of carbonyl (C=O) groups is 1. The highest BCUT2D eigenvalue weighted by atomic mass is 32.1. The summed E-state index contributed by atoms with van der Waals surface area (Å²) in [5.41, 5.74) is 2.08. The molecule has 0 unspecified atom stereocenters. The van der Waals surface area contributed by atoms with Crippen LogP contribution < -0.4 is 5.32 Å². The predicted octanol–water partition coefficient (Wildman–Crippen LogP) is 1.44. The van der Waals surface area contributed by atoms with Gasteiger partial charge in [-0.25, -0.2) is 0 Å². The molecule has 0 aliphatic rings. The standard InChI is InChI=1S/C13H11N3O2S/c1-9-4-5-10(3-2-6-17)7-11(9)13(18)15-12-8-14-16-19-12/h4-5,7-8,17H,6H2,1H3,(H,15,18).